The van der Waals surface area contributed by atoms with Crippen molar-refractivity contribution in [3.63, 3.8) is 0 Å². The number of ketones is 1. The average molecular weight is 289 g/mol. The van der Waals surface area contributed by atoms with Crippen LogP contribution in [0.5, 0.6) is 5.75 Å². The standard InChI is InChI=1S/C17H17ClO2/c1-11-8-12(2)17(13(3)9-11)15(19)10-20-16-7-5-4-6-14(16)18/h4-9H,10H2,1-3H3. The van der Waals surface area contributed by atoms with Gasteiger partial charge < -0.3 is 4.74 Å². The molecule has 0 fully saturated rings. The van der Waals surface area contributed by atoms with Crippen LogP contribution in [0.2, 0.25) is 5.02 Å². The van der Waals surface area contributed by atoms with Crippen molar-refractivity contribution in [2.75, 3.05) is 6.61 Å². The predicted molar refractivity (Wildman–Crippen MR) is 81.9 cm³/mol. The number of carbonyl (C=O) groups excluding carboxylic acids is 1. The molecule has 0 heterocycles. The molecule has 0 amide bonds. The quantitative estimate of drug-likeness (QED) is 0.773. The molecule has 2 aromatic rings. The molecule has 104 valence electrons. The first-order chi connectivity index (χ1) is 9.49. The van der Waals surface area contributed by atoms with Gasteiger partial charge in [-0.1, -0.05) is 41.4 Å². The summed E-state index contributed by atoms with van der Waals surface area (Å²) in [6, 6.07) is 11.2. The summed E-state index contributed by atoms with van der Waals surface area (Å²) in [6.45, 7) is 5.91. The number of ether oxygens (including phenoxy) is 1. The molecule has 0 unspecified atom stereocenters. The second-order valence-electron chi connectivity index (χ2n) is 4.92. The molecule has 0 saturated carbocycles. The lowest BCUT2D eigenvalue weighted by Crippen LogP contribution is -2.14. The Morgan fingerprint density at radius 2 is 1.70 bits per heavy atom. The molecule has 0 aromatic heterocycles. The smallest absolute Gasteiger partial charge is 0.200 e. The van der Waals surface area contributed by atoms with Crippen LogP contribution in [0.1, 0.15) is 27.0 Å². The van der Waals surface area contributed by atoms with E-state index in [2.05, 4.69) is 0 Å². The molecule has 0 atom stereocenters. The number of halogens is 1. The molecule has 0 radical (unpaired) electrons. The number of aryl methyl sites for hydroxylation is 3. The Balaban J connectivity index is 2.16. The van der Waals surface area contributed by atoms with E-state index in [0.29, 0.717) is 10.8 Å². The summed E-state index contributed by atoms with van der Waals surface area (Å²) in [5.74, 6) is 0.504. The third kappa shape index (κ3) is 3.20. The number of hydrogen-bond donors (Lipinski definition) is 0. The number of rotatable bonds is 4. The summed E-state index contributed by atoms with van der Waals surface area (Å²) in [5, 5.41) is 0.512. The highest BCUT2D eigenvalue weighted by atomic mass is 35.5. The van der Waals surface area contributed by atoms with Crippen LogP contribution >= 0.6 is 11.6 Å². The fraction of sp³-hybridized carbons (Fsp3) is 0.235. The minimum absolute atomic E-state index is 0.00548. The van der Waals surface area contributed by atoms with Crippen molar-refractivity contribution in [3.8, 4) is 5.75 Å². The van der Waals surface area contributed by atoms with Crippen LogP contribution in [-0.4, -0.2) is 12.4 Å². The second kappa shape index (κ2) is 6.10. The zero-order valence-electron chi connectivity index (χ0n) is 11.9. The van der Waals surface area contributed by atoms with E-state index in [0.717, 1.165) is 22.3 Å². The van der Waals surface area contributed by atoms with Gasteiger partial charge >= 0.3 is 0 Å². The molecule has 2 rings (SSSR count). The van der Waals surface area contributed by atoms with Gasteiger partial charge in [0.05, 0.1) is 5.02 Å². The van der Waals surface area contributed by atoms with Crippen molar-refractivity contribution in [1.29, 1.82) is 0 Å². The zero-order valence-corrected chi connectivity index (χ0v) is 12.6. The molecule has 2 nitrogen and oxygen atoms in total. The van der Waals surface area contributed by atoms with E-state index in [1.54, 1.807) is 12.1 Å². The van der Waals surface area contributed by atoms with Crippen molar-refractivity contribution in [1.82, 2.24) is 0 Å². The highest BCUT2D eigenvalue weighted by Crippen LogP contribution is 2.24. The molecule has 2 aromatic carbocycles. The molecule has 0 bridgehead atoms. The molecular weight excluding hydrogens is 272 g/mol. The normalized spacial score (nSPS) is 10.4. The van der Waals surface area contributed by atoms with Gasteiger partial charge in [-0.25, -0.2) is 0 Å². The van der Waals surface area contributed by atoms with E-state index in [9.17, 15) is 4.79 Å². The van der Waals surface area contributed by atoms with Gasteiger partial charge in [-0.15, -0.1) is 0 Å². The zero-order chi connectivity index (χ0) is 14.7. The third-order valence-electron chi connectivity index (χ3n) is 3.15. The highest BCUT2D eigenvalue weighted by molar-refractivity contribution is 6.32. The lowest BCUT2D eigenvalue weighted by atomic mass is 9.97. The molecule has 3 heteroatoms. The van der Waals surface area contributed by atoms with Crippen LogP contribution in [0.25, 0.3) is 0 Å². The lowest BCUT2D eigenvalue weighted by Gasteiger charge is -2.12. The maximum Gasteiger partial charge on any atom is 0.200 e. The summed E-state index contributed by atoms with van der Waals surface area (Å²) in [7, 11) is 0. The molecular formula is C17H17ClO2. The summed E-state index contributed by atoms with van der Waals surface area (Å²) >= 11 is 6.00. The van der Waals surface area contributed by atoms with Crippen LogP contribution in [-0.2, 0) is 0 Å². The molecule has 0 aliphatic heterocycles. The van der Waals surface area contributed by atoms with Gasteiger partial charge in [0, 0.05) is 5.56 Å². The Hall–Kier alpha value is -1.80. The summed E-state index contributed by atoms with van der Waals surface area (Å²) in [4.78, 5) is 12.3. The Labute approximate surface area is 124 Å². The van der Waals surface area contributed by atoms with E-state index in [1.807, 2.05) is 45.0 Å². The van der Waals surface area contributed by atoms with Crippen LogP contribution in [0.15, 0.2) is 36.4 Å². The lowest BCUT2D eigenvalue weighted by molar-refractivity contribution is 0.0920. The first kappa shape index (κ1) is 14.6. The van der Waals surface area contributed by atoms with Gasteiger partial charge in [0.2, 0.25) is 5.78 Å². The highest BCUT2D eigenvalue weighted by Gasteiger charge is 2.14. The first-order valence-corrected chi connectivity index (χ1v) is 6.85. The summed E-state index contributed by atoms with van der Waals surface area (Å²) < 4.78 is 5.51. The fourth-order valence-electron chi connectivity index (χ4n) is 2.40. The van der Waals surface area contributed by atoms with Gasteiger partial charge in [-0.2, -0.15) is 0 Å². The molecule has 0 N–H and O–H groups in total. The van der Waals surface area contributed by atoms with Gasteiger partial charge in [0.15, 0.2) is 6.61 Å². The first-order valence-electron chi connectivity index (χ1n) is 6.47. The van der Waals surface area contributed by atoms with Crippen LogP contribution in [0.4, 0.5) is 0 Å². The van der Waals surface area contributed by atoms with E-state index in [4.69, 9.17) is 16.3 Å². The van der Waals surface area contributed by atoms with Crippen molar-refractivity contribution < 1.29 is 9.53 Å². The molecule has 0 saturated heterocycles. The Morgan fingerprint density at radius 1 is 1.10 bits per heavy atom. The number of carbonyl (C=O) groups is 1. The molecule has 0 aliphatic carbocycles. The number of para-hydroxylation sites is 1. The Kier molecular flexibility index (Phi) is 4.46. The molecule has 20 heavy (non-hydrogen) atoms. The van der Waals surface area contributed by atoms with Crippen molar-refractivity contribution in [2.24, 2.45) is 0 Å². The molecule has 0 spiro atoms. The minimum atomic E-state index is -0.0279. The van der Waals surface area contributed by atoms with E-state index in [-0.39, 0.29) is 12.4 Å². The number of hydrogen-bond acceptors (Lipinski definition) is 2. The van der Waals surface area contributed by atoms with Gasteiger partial charge in [0.25, 0.3) is 0 Å². The van der Waals surface area contributed by atoms with E-state index in [1.165, 1.54) is 0 Å². The van der Waals surface area contributed by atoms with E-state index >= 15 is 0 Å². The minimum Gasteiger partial charge on any atom is -0.484 e. The average Bonchev–Trinajstić information content (AvgIpc) is 2.36. The Morgan fingerprint density at radius 3 is 2.30 bits per heavy atom. The van der Waals surface area contributed by atoms with Gasteiger partial charge in [-0.05, 0) is 44.0 Å². The maximum atomic E-state index is 12.3. The van der Waals surface area contributed by atoms with Gasteiger partial charge in [-0.3, -0.25) is 4.79 Å². The predicted octanol–water partition coefficient (Wildman–Crippen LogP) is 4.53. The number of benzene rings is 2. The van der Waals surface area contributed by atoms with E-state index < -0.39 is 0 Å². The SMILES string of the molecule is Cc1cc(C)c(C(=O)COc2ccccc2Cl)c(C)c1. The summed E-state index contributed by atoms with van der Waals surface area (Å²) in [5.41, 5.74) is 3.86. The van der Waals surface area contributed by atoms with Gasteiger partial charge in [0.1, 0.15) is 5.75 Å². The largest absolute Gasteiger partial charge is 0.484 e. The second-order valence-corrected chi connectivity index (χ2v) is 5.32. The monoisotopic (exact) mass is 288 g/mol. The topological polar surface area (TPSA) is 26.3 Å². The Bertz CT molecular complexity index is 624. The van der Waals surface area contributed by atoms with Crippen molar-refractivity contribution in [2.45, 2.75) is 20.8 Å². The van der Waals surface area contributed by atoms with Crippen molar-refractivity contribution in [3.05, 3.63) is 63.7 Å². The number of Topliss-reactive ketones (excluding diaryl/α,β-unsaturated/α-hetero) is 1. The molecule has 0 aliphatic rings. The third-order valence-corrected chi connectivity index (χ3v) is 3.46. The van der Waals surface area contributed by atoms with Crippen LogP contribution in [0.3, 0.4) is 0 Å². The summed E-state index contributed by atoms with van der Waals surface area (Å²) in [6.07, 6.45) is 0. The van der Waals surface area contributed by atoms with Crippen LogP contribution in [0, 0.1) is 20.8 Å². The van der Waals surface area contributed by atoms with Crippen LogP contribution < -0.4 is 4.74 Å². The van der Waals surface area contributed by atoms with Crippen molar-refractivity contribution >= 4 is 17.4 Å². The maximum absolute atomic E-state index is 12.3. The fourth-order valence-corrected chi connectivity index (χ4v) is 2.59.